The first-order valence-corrected chi connectivity index (χ1v) is 7.76. The molecule has 3 atom stereocenters. The number of piperidine rings is 1. The van der Waals surface area contributed by atoms with Gasteiger partial charge in [-0.1, -0.05) is 12.8 Å². The van der Waals surface area contributed by atoms with Gasteiger partial charge in [-0.05, 0) is 59.3 Å². The van der Waals surface area contributed by atoms with E-state index in [0.717, 1.165) is 18.0 Å². The summed E-state index contributed by atoms with van der Waals surface area (Å²) in [6.07, 6.45) is 8.42. The number of likely N-dealkylation sites (N-methyl/N-ethyl adjacent to an activating group) is 1. The van der Waals surface area contributed by atoms with Gasteiger partial charge in [0.2, 0.25) is 0 Å². The second kappa shape index (κ2) is 6.88. The van der Waals surface area contributed by atoms with Crippen LogP contribution < -0.4 is 5.32 Å². The SMILES string of the molecule is CNC1CCCCC1CN1CCCC(N(C)C)C1. The van der Waals surface area contributed by atoms with Crippen LogP contribution in [0.15, 0.2) is 0 Å². The summed E-state index contributed by atoms with van der Waals surface area (Å²) in [5, 5.41) is 3.54. The molecule has 3 heteroatoms. The van der Waals surface area contributed by atoms with Gasteiger partial charge in [0.05, 0.1) is 0 Å². The predicted octanol–water partition coefficient (Wildman–Crippen LogP) is 1.79. The summed E-state index contributed by atoms with van der Waals surface area (Å²) in [5.74, 6) is 0.879. The fraction of sp³-hybridized carbons (Fsp3) is 1.00. The van der Waals surface area contributed by atoms with E-state index >= 15 is 0 Å². The van der Waals surface area contributed by atoms with E-state index in [-0.39, 0.29) is 0 Å². The van der Waals surface area contributed by atoms with E-state index < -0.39 is 0 Å². The Labute approximate surface area is 113 Å². The standard InChI is InChI=1S/C15H31N3/c1-16-15-9-5-4-7-13(15)11-18-10-6-8-14(12-18)17(2)3/h13-16H,4-12H2,1-3H3. The van der Waals surface area contributed by atoms with Crippen LogP contribution in [-0.2, 0) is 0 Å². The Bertz CT molecular complexity index is 242. The molecule has 0 aromatic heterocycles. The van der Waals surface area contributed by atoms with Gasteiger partial charge in [-0.2, -0.15) is 0 Å². The lowest BCUT2D eigenvalue weighted by atomic mass is 9.84. The largest absolute Gasteiger partial charge is 0.317 e. The zero-order chi connectivity index (χ0) is 13.0. The van der Waals surface area contributed by atoms with E-state index in [1.54, 1.807) is 0 Å². The minimum atomic E-state index is 0.762. The van der Waals surface area contributed by atoms with Crippen LogP contribution in [0, 0.1) is 5.92 Å². The highest BCUT2D eigenvalue weighted by Gasteiger charge is 2.28. The van der Waals surface area contributed by atoms with Gasteiger partial charge in [-0.15, -0.1) is 0 Å². The molecule has 0 bridgehead atoms. The normalized spacial score (nSPS) is 35.0. The maximum Gasteiger partial charge on any atom is 0.0217 e. The molecule has 2 aliphatic rings. The molecule has 2 fully saturated rings. The highest BCUT2D eigenvalue weighted by molar-refractivity contribution is 4.85. The molecule has 0 aromatic rings. The predicted molar refractivity (Wildman–Crippen MR) is 78.0 cm³/mol. The van der Waals surface area contributed by atoms with Crippen molar-refractivity contribution in [3.05, 3.63) is 0 Å². The molecule has 3 unspecified atom stereocenters. The Morgan fingerprint density at radius 3 is 2.61 bits per heavy atom. The molecular formula is C15H31N3. The molecule has 2 rings (SSSR count). The zero-order valence-electron chi connectivity index (χ0n) is 12.5. The molecule has 0 radical (unpaired) electrons. The van der Waals surface area contributed by atoms with Crippen molar-refractivity contribution in [2.45, 2.75) is 50.6 Å². The lowest BCUT2D eigenvalue weighted by molar-refractivity contribution is 0.100. The molecule has 106 valence electrons. The summed E-state index contributed by atoms with van der Waals surface area (Å²) >= 11 is 0. The van der Waals surface area contributed by atoms with Crippen LogP contribution in [0.2, 0.25) is 0 Å². The highest BCUT2D eigenvalue weighted by Crippen LogP contribution is 2.26. The van der Waals surface area contributed by atoms with Gasteiger partial charge in [0, 0.05) is 25.2 Å². The summed E-state index contributed by atoms with van der Waals surface area (Å²) in [7, 11) is 6.60. The average Bonchev–Trinajstić information content (AvgIpc) is 2.39. The van der Waals surface area contributed by atoms with E-state index in [2.05, 4.69) is 36.3 Å². The van der Waals surface area contributed by atoms with E-state index in [0.29, 0.717) is 0 Å². The van der Waals surface area contributed by atoms with Crippen LogP contribution in [0.4, 0.5) is 0 Å². The topological polar surface area (TPSA) is 18.5 Å². The summed E-state index contributed by atoms with van der Waals surface area (Å²) in [5.41, 5.74) is 0. The summed E-state index contributed by atoms with van der Waals surface area (Å²) in [6.45, 7) is 3.91. The Morgan fingerprint density at radius 1 is 1.11 bits per heavy atom. The van der Waals surface area contributed by atoms with Crippen LogP contribution in [0.25, 0.3) is 0 Å². The third-order valence-electron chi connectivity index (χ3n) is 4.98. The number of rotatable bonds is 4. The van der Waals surface area contributed by atoms with Gasteiger partial charge < -0.3 is 15.1 Å². The summed E-state index contributed by atoms with van der Waals surface area (Å²) in [6, 6.07) is 1.54. The van der Waals surface area contributed by atoms with Crippen molar-refractivity contribution < 1.29 is 0 Å². The second-order valence-corrected chi connectivity index (χ2v) is 6.46. The van der Waals surface area contributed by atoms with Gasteiger partial charge in [0.1, 0.15) is 0 Å². The van der Waals surface area contributed by atoms with Crippen molar-refractivity contribution in [1.29, 1.82) is 0 Å². The van der Waals surface area contributed by atoms with Crippen molar-refractivity contribution in [1.82, 2.24) is 15.1 Å². The first-order chi connectivity index (χ1) is 8.70. The third kappa shape index (κ3) is 3.69. The number of nitrogens with one attached hydrogen (secondary N) is 1. The lowest BCUT2D eigenvalue weighted by Crippen LogP contribution is -2.49. The van der Waals surface area contributed by atoms with Crippen molar-refractivity contribution in [2.75, 3.05) is 40.8 Å². The van der Waals surface area contributed by atoms with Crippen LogP contribution in [0.1, 0.15) is 38.5 Å². The highest BCUT2D eigenvalue weighted by atomic mass is 15.2. The first kappa shape index (κ1) is 14.3. The van der Waals surface area contributed by atoms with E-state index in [4.69, 9.17) is 0 Å². The van der Waals surface area contributed by atoms with Crippen LogP contribution >= 0.6 is 0 Å². The molecule has 3 nitrogen and oxygen atoms in total. The van der Waals surface area contributed by atoms with Gasteiger partial charge in [-0.3, -0.25) is 0 Å². The molecule has 1 aliphatic carbocycles. The zero-order valence-corrected chi connectivity index (χ0v) is 12.5. The molecule has 0 aromatic carbocycles. The molecule has 1 saturated heterocycles. The molecular weight excluding hydrogens is 222 g/mol. The van der Waals surface area contributed by atoms with Gasteiger partial charge in [0.15, 0.2) is 0 Å². The van der Waals surface area contributed by atoms with Crippen molar-refractivity contribution in [2.24, 2.45) is 5.92 Å². The molecule has 1 heterocycles. The van der Waals surface area contributed by atoms with Crippen LogP contribution in [0.3, 0.4) is 0 Å². The van der Waals surface area contributed by atoms with E-state index in [9.17, 15) is 0 Å². The second-order valence-electron chi connectivity index (χ2n) is 6.46. The van der Waals surface area contributed by atoms with E-state index in [1.165, 1.54) is 58.2 Å². The Hall–Kier alpha value is -0.120. The maximum absolute atomic E-state index is 3.54. The number of nitrogens with zero attached hydrogens (tertiary/aromatic N) is 2. The summed E-state index contributed by atoms with van der Waals surface area (Å²) < 4.78 is 0. The fourth-order valence-electron chi connectivity index (χ4n) is 3.76. The quantitative estimate of drug-likeness (QED) is 0.824. The smallest absolute Gasteiger partial charge is 0.0217 e. The van der Waals surface area contributed by atoms with Gasteiger partial charge >= 0.3 is 0 Å². The minimum absolute atomic E-state index is 0.762. The summed E-state index contributed by atoms with van der Waals surface area (Å²) in [4.78, 5) is 5.12. The number of hydrogen-bond donors (Lipinski definition) is 1. The lowest BCUT2D eigenvalue weighted by Gasteiger charge is -2.40. The molecule has 0 spiro atoms. The monoisotopic (exact) mass is 253 g/mol. The molecule has 1 N–H and O–H groups in total. The first-order valence-electron chi connectivity index (χ1n) is 7.76. The average molecular weight is 253 g/mol. The molecule has 18 heavy (non-hydrogen) atoms. The Balaban J connectivity index is 1.84. The van der Waals surface area contributed by atoms with Crippen molar-refractivity contribution in [3.63, 3.8) is 0 Å². The fourth-order valence-corrected chi connectivity index (χ4v) is 3.76. The van der Waals surface area contributed by atoms with Crippen molar-refractivity contribution in [3.8, 4) is 0 Å². The molecule has 1 saturated carbocycles. The Kier molecular flexibility index (Phi) is 5.46. The van der Waals surface area contributed by atoms with Crippen LogP contribution in [0.5, 0.6) is 0 Å². The van der Waals surface area contributed by atoms with Crippen LogP contribution in [-0.4, -0.2) is 62.7 Å². The number of hydrogen-bond acceptors (Lipinski definition) is 3. The Morgan fingerprint density at radius 2 is 1.89 bits per heavy atom. The molecule has 0 amide bonds. The van der Waals surface area contributed by atoms with E-state index in [1.807, 2.05) is 0 Å². The maximum atomic E-state index is 3.54. The third-order valence-corrected chi connectivity index (χ3v) is 4.98. The van der Waals surface area contributed by atoms with Gasteiger partial charge in [0.25, 0.3) is 0 Å². The number of likely N-dealkylation sites (tertiary alicyclic amines) is 1. The van der Waals surface area contributed by atoms with Crippen molar-refractivity contribution >= 4 is 0 Å². The van der Waals surface area contributed by atoms with Gasteiger partial charge in [-0.25, -0.2) is 0 Å². The minimum Gasteiger partial charge on any atom is -0.317 e. The molecule has 1 aliphatic heterocycles.